The number of hydrogen-bond donors (Lipinski definition) is 0. The molecule has 2 aromatic heterocycles. The van der Waals surface area contributed by atoms with Crippen LogP contribution in [0.5, 0.6) is 5.88 Å². The molecule has 0 N–H and O–H groups in total. The van der Waals surface area contributed by atoms with Crippen molar-refractivity contribution in [3.8, 4) is 5.88 Å². The van der Waals surface area contributed by atoms with E-state index in [1.54, 1.807) is 7.11 Å². The van der Waals surface area contributed by atoms with Crippen LogP contribution in [0.25, 0.3) is 11.2 Å². The first-order valence-corrected chi connectivity index (χ1v) is 9.09. The van der Waals surface area contributed by atoms with Gasteiger partial charge in [0.2, 0.25) is 5.88 Å². The van der Waals surface area contributed by atoms with Gasteiger partial charge in [0.1, 0.15) is 11.3 Å². The van der Waals surface area contributed by atoms with Crippen molar-refractivity contribution in [3.63, 3.8) is 0 Å². The van der Waals surface area contributed by atoms with Gasteiger partial charge in [-0.25, -0.2) is 4.98 Å². The fraction of sp³-hybridized carbons (Fsp3) is 0.600. The first-order valence-electron chi connectivity index (χ1n) is 7.27. The van der Waals surface area contributed by atoms with Crippen LogP contribution in [0.1, 0.15) is 31.1 Å². The summed E-state index contributed by atoms with van der Waals surface area (Å²) < 4.78 is 7.57. The van der Waals surface area contributed by atoms with E-state index in [9.17, 15) is 0 Å². The Hall–Kier alpha value is -0.940. The average molecular weight is 326 g/mol. The number of nitrogens with zero attached hydrogens (tertiary/aromatic N) is 3. The molecular weight excluding hydrogens is 306 g/mol. The molecule has 2 heterocycles. The maximum absolute atomic E-state index is 5.95. The summed E-state index contributed by atoms with van der Waals surface area (Å²) in [5, 5.41) is 0.738. The highest BCUT2D eigenvalue weighted by molar-refractivity contribution is 7.99. The lowest BCUT2D eigenvalue weighted by atomic mass is 10.2. The standard InChI is InChI=1S/C15H20ClN3OS/c1-20-14-6-5-12-15(18-14)19(13(17-12)7-8-16)10-3-4-11(9-10)21-2/h5-6,10-11H,3-4,7-9H2,1-2H3. The van der Waals surface area contributed by atoms with Crippen molar-refractivity contribution in [2.24, 2.45) is 0 Å². The van der Waals surface area contributed by atoms with Gasteiger partial charge in [-0.2, -0.15) is 16.7 Å². The predicted molar refractivity (Wildman–Crippen MR) is 88.7 cm³/mol. The van der Waals surface area contributed by atoms with Crippen LogP contribution in [0, 0.1) is 0 Å². The van der Waals surface area contributed by atoms with E-state index < -0.39 is 0 Å². The lowest BCUT2D eigenvalue weighted by molar-refractivity contribution is 0.398. The van der Waals surface area contributed by atoms with Crippen molar-refractivity contribution in [1.82, 2.24) is 14.5 Å². The lowest BCUT2D eigenvalue weighted by Gasteiger charge is -2.16. The van der Waals surface area contributed by atoms with Gasteiger partial charge in [0.25, 0.3) is 0 Å². The molecule has 21 heavy (non-hydrogen) atoms. The highest BCUT2D eigenvalue weighted by Crippen LogP contribution is 2.38. The van der Waals surface area contributed by atoms with Crippen molar-refractivity contribution in [1.29, 1.82) is 0 Å². The Morgan fingerprint density at radius 1 is 1.38 bits per heavy atom. The molecule has 0 radical (unpaired) electrons. The van der Waals surface area contributed by atoms with Crippen LogP contribution in [0.2, 0.25) is 0 Å². The van der Waals surface area contributed by atoms with Gasteiger partial charge in [-0.15, -0.1) is 11.6 Å². The molecule has 1 saturated carbocycles. The summed E-state index contributed by atoms with van der Waals surface area (Å²) in [6.45, 7) is 0. The summed E-state index contributed by atoms with van der Waals surface area (Å²) >= 11 is 7.92. The van der Waals surface area contributed by atoms with Crippen LogP contribution in [0.4, 0.5) is 0 Å². The molecule has 0 saturated heterocycles. The van der Waals surface area contributed by atoms with Crippen molar-refractivity contribution in [3.05, 3.63) is 18.0 Å². The zero-order chi connectivity index (χ0) is 14.8. The third-order valence-corrected chi connectivity index (χ3v) is 5.45. The van der Waals surface area contributed by atoms with Gasteiger partial charge < -0.3 is 9.30 Å². The van der Waals surface area contributed by atoms with Crippen LogP contribution >= 0.6 is 23.4 Å². The van der Waals surface area contributed by atoms with E-state index in [2.05, 4.69) is 15.8 Å². The molecule has 2 atom stereocenters. The van der Waals surface area contributed by atoms with Crippen LogP contribution in [-0.2, 0) is 6.42 Å². The third kappa shape index (κ3) is 2.86. The minimum absolute atomic E-state index is 0.477. The van der Waals surface area contributed by atoms with E-state index in [1.807, 2.05) is 23.9 Å². The summed E-state index contributed by atoms with van der Waals surface area (Å²) in [4.78, 5) is 9.35. The maximum Gasteiger partial charge on any atom is 0.215 e. The Bertz CT molecular complexity index is 631. The number of pyridine rings is 1. The Morgan fingerprint density at radius 3 is 2.90 bits per heavy atom. The summed E-state index contributed by atoms with van der Waals surface area (Å²) in [6, 6.07) is 4.32. The van der Waals surface area contributed by atoms with Gasteiger partial charge in [0.15, 0.2) is 5.65 Å². The summed E-state index contributed by atoms with van der Waals surface area (Å²) in [5.41, 5.74) is 1.87. The van der Waals surface area contributed by atoms with Crippen molar-refractivity contribution in [2.45, 2.75) is 37.0 Å². The summed E-state index contributed by atoms with van der Waals surface area (Å²) in [7, 11) is 1.65. The molecule has 0 aromatic carbocycles. The monoisotopic (exact) mass is 325 g/mol. The SMILES string of the molecule is COc1ccc2nc(CCCl)n(C3CCC(SC)C3)c2n1. The number of ether oxygens (including phenoxy) is 1. The van der Waals surface area contributed by atoms with E-state index >= 15 is 0 Å². The molecule has 3 rings (SSSR count). The number of halogens is 1. The third-order valence-electron chi connectivity index (χ3n) is 4.17. The van der Waals surface area contributed by atoms with Gasteiger partial charge in [-0.3, -0.25) is 0 Å². The summed E-state index contributed by atoms with van der Waals surface area (Å²) in [6.07, 6.45) is 6.60. The second-order valence-electron chi connectivity index (χ2n) is 5.36. The quantitative estimate of drug-likeness (QED) is 0.786. The fourth-order valence-corrected chi connectivity index (χ4v) is 4.08. The van der Waals surface area contributed by atoms with Gasteiger partial charge in [0, 0.05) is 29.7 Å². The first kappa shape index (κ1) is 15.0. The van der Waals surface area contributed by atoms with E-state index in [0.29, 0.717) is 17.8 Å². The highest BCUT2D eigenvalue weighted by Gasteiger charge is 2.28. The molecule has 2 aromatic rings. The lowest BCUT2D eigenvalue weighted by Crippen LogP contribution is -2.11. The van der Waals surface area contributed by atoms with Crippen LogP contribution in [0.15, 0.2) is 12.1 Å². The molecule has 1 aliphatic rings. The van der Waals surface area contributed by atoms with Crippen molar-refractivity contribution >= 4 is 34.5 Å². The zero-order valence-electron chi connectivity index (χ0n) is 12.4. The molecular formula is C15H20ClN3OS. The number of alkyl halides is 1. The first-order chi connectivity index (χ1) is 10.3. The van der Waals surface area contributed by atoms with Gasteiger partial charge in [-0.1, -0.05) is 0 Å². The molecule has 2 unspecified atom stereocenters. The smallest absolute Gasteiger partial charge is 0.215 e. The molecule has 0 aliphatic heterocycles. The van der Waals surface area contributed by atoms with E-state index in [-0.39, 0.29) is 0 Å². The van der Waals surface area contributed by atoms with Gasteiger partial charge in [-0.05, 0) is 31.6 Å². The number of rotatable bonds is 5. The Balaban J connectivity index is 2.06. The Labute approximate surface area is 134 Å². The van der Waals surface area contributed by atoms with Gasteiger partial charge >= 0.3 is 0 Å². The fourth-order valence-electron chi connectivity index (χ4n) is 3.13. The zero-order valence-corrected chi connectivity index (χ0v) is 14.0. The second-order valence-corrected chi connectivity index (χ2v) is 6.87. The molecule has 4 nitrogen and oxygen atoms in total. The maximum atomic E-state index is 5.95. The highest BCUT2D eigenvalue weighted by atomic mass is 35.5. The number of imidazole rings is 1. The molecule has 114 valence electrons. The van der Waals surface area contributed by atoms with Crippen LogP contribution in [0.3, 0.4) is 0 Å². The van der Waals surface area contributed by atoms with Crippen molar-refractivity contribution < 1.29 is 4.74 Å². The molecule has 1 fully saturated rings. The molecule has 1 aliphatic carbocycles. The van der Waals surface area contributed by atoms with Gasteiger partial charge in [0.05, 0.1) is 7.11 Å². The number of aryl methyl sites for hydroxylation is 1. The van der Waals surface area contributed by atoms with Crippen LogP contribution in [-0.4, -0.2) is 39.0 Å². The number of hydrogen-bond acceptors (Lipinski definition) is 4. The van der Waals surface area contributed by atoms with Crippen LogP contribution < -0.4 is 4.74 Å². The minimum atomic E-state index is 0.477. The van der Waals surface area contributed by atoms with E-state index in [4.69, 9.17) is 21.3 Å². The molecule has 0 spiro atoms. The molecule has 6 heteroatoms. The Kier molecular flexibility index (Phi) is 4.60. The molecule has 0 amide bonds. The van der Waals surface area contributed by atoms with E-state index in [0.717, 1.165) is 28.7 Å². The number of thioether (sulfide) groups is 1. The van der Waals surface area contributed by atoms with E-state index in [1.165, 1.54) is 19.3 Å². The number of methoxy groups -OCH3 is 1. The number of fused-ring (bicyclic) bond motifs is 1. The predicted octanol–water partition coefficient (Wildman–Crippen LogP) is 3.68. The number of aromatic nitrogens is 3. The second kappa shape index (κ2) is 6.44. The Morgan fingerprint density at radius 2 is 2.24 bits per heavy atom. The average Bonchev–Trinajstić information content (AvgIpc) is 3.10. The normalized spacial score (nSPS) is 22.0. The summed E-state index contributed by atoms with van der Waals surface area (Å²) in [5.74, 6) is 2.27. The minimum Gasteiger partial charge on any atom is -0.481 e. The topological polar surface area (TPSA) is 39.9 Å². The largest absolute Gasteiger partial charge is 0.481 e. The molecule has 0 bridgehead atoms. The van der Waals surface area contributed by atoms with Crippen molar-refractivity contribution in [2.75, 3.05) is 19.2 Å².